The second kappa shape index (κ2) is 10.5. The van der Waals surface area contributed by atoms with Gasteiger partial charge in [0.15, 0.2) is 5.75 Å². The van der Waals surface area contributed by atoms with Gasteiger partial charge in [-0.2, -0.15) is 5.26 Å². The minimum absolute atomic E-state index is 0.139. The molecule has 32 heavy (non-hydrogen) atoms. The van der Waals surface area contributed by atoms with Crippen LogP contribution in [0.1, 0.15) is 16.7 Å². The molecular weight excluding hydrogens is 474 g/mol. The smallest absolute Gasteiger partial charge is 0.266 e. The van der Waals surface area contributed by atoms with Crippen LogP contribution in [0.3, 0.4) is 0 Å². The predicted molar refractivity (Wildman–Crippen MR) is 126 cm³/mol. The Hall–Kier alpha value is -3.04. The van der Waals surface area contributed by atoms with Crippen molar-refractivity contribution in [3.63, 3.8) is 0 Å². The summed E-state index contributed by atoms with van der Waals surface area (Å²) >= 11 is 18.6. The molecule has 0 aromatic heterocycles. The van der Waals surface area contributed by atoms with Gasteiger partial charge < -0.3 is 10.1 Å². The first-order valence-electron chi connectivity index (χ1n) is 9.32. The van der Waals surface area contributed by atoms with Crippen molar-refractivity contribution in [2.75, 3.05) is 5.32 Å². The second-order valence-electron chi connectivity index (χ2n) is 6.81. The number of ether oxygens (including phenoxy) is 1. The van der Waals surface area contributed by atoms with E-state index in [-0.39, 0.29) is 33.8 Å². The zero-order chi connectivity index (χ0) is 23.3. The Morgan fingerprint density at radius 1 is 1.09 bits per heavy atom. The first kappa shape index (κ1) is 23.6. The molecule has 0 aliphatic rings. The van der Waals surface area contributed by atoms with Gasteiger partial charge in [0.2, 0.25) is 0 Å². The lowest BCUT2D eigenvalue weighted by atomic mass is 10.1. The van der Waals surface area contributed by atoms with Crippen molar-refractivity contribution in [2.24, 2.45) is 0 Å². The third-order valence-corrected chi connectivity index (χ3v) is 5.24. The zero-order valence-electron chi connectivity index (χ0n) is 16.8. The highest BCUT2D eigenvalue weighted by molar-refractivity contribution is 6.37. The average molecular weight is 490 g/mol. The van der Waals surface area contributed by atoms with Crippen LogP contribution in [0.15, 0.2) is 60.2 Å². The van der Waals surface area contributed by atoms with Crippen LogP contribution in [0, 0.1) is 24.1 Å². The molecule has 4 nitrogen and oxygen atoms in total. The number of nitrogens with one attached hydrogen (secondary N) is 1. The summed E-state index contributed by atoms with van der Waals surface area (Å²) in [7, 11) is 0. The van der Waals surface area contributed by atoms with Crippen molar-refractivity contribution in [1.29, 1.82) is 5.26 Å². The van der Waals surface area contributed by atoms with Crippen LogP contribution in [0.4, 0.5) is 10.1 Å². The number of hydrogen-bond donors (Lipinski definition) is 1. The predicted octanol–water partition coefficient (Wildman–Crippen LogP) is 7.22. The highest BCUT2D eigenvalue weighted by Gasteiger charge is 2.14. The monoisotopic (exact) mass is 488 g/mol. The van der Waals surface area contributed by atoms with E-state index in [0.717, 1.165) is 11.1 Å². The van der Waals surface area contributed by atoms with Gasteiger partial charge in [0, 0.05) is 10.7 Å². The second-order valence-corrected chi connectivity index (χ2v) is 8.06. The zero-order valence-corrected chi connectivity index (χ0v) is 19.0. The number of rotatable bonds is 6. The summed E-state index contributed by atoms with van der Waals surface area (Å²) in [6.45, 7) is 1.95. The molecule has 0 spiro atoms. The summed E-state index contributed by atoms with van der Waals surface area (Å²) < 4.78 is 18.7. The first-order valence-corrected chi connectivity index (χ1v) is 10.5. The maximum atomic E-state index is 13.0. The molecule has 1 amide bonds. The first-order chi connectivity index (χ1) is 15.3. The number of anilines is 1. The maximum absolute atomic E-state index is 13.0. The Bertz CT molecular complexity index is 1210. The summed E-state index contributed by atoms with van der Waals surface area (Å²) in [6, 6.07) is 15.8. The van der Waals surface area contributed by atoms with Crippen molar-refractivity contribution in [1.82, 2.24) is 0 Å². The van der Waals surface area contributed by atoms with E-state index in [1.54, 1.807) is 30.3 Å². The number of nitrogens with zero attached hydrogens (tertiary/aromatic N) is 1. The highest BCUT2D eigenvalue weighted by Crippen LogP contribution is 2.35. The largest absolute Gasteiger partial charge is 0.486 e. The quantitative estimate of drug-likeness (QED) is 0.294. The molecule has 0 heterocycles. The molecule has 0 unspecified atom stereocenters. The summed E-state index contributed by atoms with van der Waals surface area (Å²) in [5.74, 6) is -0.696. The molecule has 3 aromatic carbocycles. The van der Waals surface area contributed by atoms with Gasteiger partial charge in [0.1, 0.15) is 24.1 Å². The number of nitriles is 1. The minimum atomic E-state index is -0.596. The maximum Gasteiger partial charge on any atom is 0.266 e. The van der Waals surface area contributed by atoms with Gasteiger partial charge in [-0.25, -0.2) is 4.39 Å². The molecule has 0 aliphatic carbocycles. The van der Waals surface area contributed by atoms with Gasteiger partial charge >= 0.3 is 0 Å². The topological polar surface area (TPSA) is 62.1 Å². The molecule has 1 N–H and O–H groups in total. The molecule has 3 aromatic rings. The van der Waals surface area contributed by atoms with Gasteiger partial charge in [0.05, 0.1) is 10.0 Å². The Morgan fingerprint density at radius 3 is 2.38 bits per heavy atom. The third kappa shape index (κ3) is 6.02. The van der Waals surface area contributed by atoms with E-state index in [9.17, 15) is 14.4 Å². The number of carbonyl (C=O) groups excluding carboxylic acids is 1. The van der Waals surface area contributed by atoms with Gasteiger partial charge in [-0.1, -0.05) is 53.0 Å². The Labute approximate surface area is 199 Å². The number of amides is 1. The molecule has 0 atom stereocenters. The fourth-order valence-corrected chi connectivity index (χ4v) is 3.56. The number of aryl methyl sites for hydroxylation is 1. The molecule has 3 rings (SSSR count). The fraction of sp³-hybridized carbons (Fsp3) is 0.0833. The van der Waals surface area contributed by atoms with Crippen molar-refractivity contribution in [2.45, 2.75) is 13.5 Å². The van der Waals surface area contributed by atoms with Gasteiger partial charge in [-0.05, 0) is 66.1 Å². The van der Waals surface area contributed by atoms with E-state index >= 15 is 0 Å². The van der Waals surface area contributed by atoms with Crippen LogP contribution >= 0.6 is 34.8 Å². The fourth-order valence-electron chi connectivity index (χ4n) is 2.77. The summed E-state index contributed by atoms with van der Waals surface area (Å²) in [5, 5.41) is 13.0. The van der Waals surface area contributed by atoms with Crippen LogP contribution in [0.2, 0.25) is 15.1 Å². The number of hydrogen-bond acceptors (Lipinski definition) is 3. The molecular formula is C24H16Cl3FN2O2. The van der Waals surface area contributed by atoms with E-state index in [0.29, 0.717) is 16.3 Å². The standard InChI is InChI=1S/C24H16Cl3FN2O2/c1-14-2-5-18(25)11-22(14)30-24(31)17(12-29)8-16-9-20(26)23(21(27)10-16)32-13-15-3-6-19(28)7-4-15/h2-11H,13H2,1H3,(H,30,31)/b17-8+. The van der Waals surface area contributed by atoms with E-state index in [1.165, 1.54) is 30.3 Å². The summed E-state index contributed by atoms with van der Waals surface area (Å²) in [5.41, 5.74) is 2.35. The lowest BCUT2D eigenvalue weighted by Gasteiger charge is -2.11. The van der Waals surface area contributed by atoms with Gasteiger partial charge in [0.25, 0.3) is 5.91 Å². The lowest BCUT2D eigenvalue weighted by Crippen LogP contribution is -2.14. The minimum Gasteiger partial charge on any atom is -0.486 e. The van der Waals surface area contributed by atoms with Crippen LogP contribution in [-0.4, -0.2) is 5.91 Å². The van der Waals surface area contributed by atoms with E-state index in [2.05, 4.69) is 5.32 Å². The Kier molecular flexibility index (Phi) is 7.76. The average Bonchev–Trinajstić information content (AvgIpc) is 2.75. The van der Waals surface area contributed by atoms with Gasteiger partial charge in [-0.15, -0.1) is 0 Å². The van der Waals surface area contributed by atoms with Crippen molar-refractivity contribution < 1.29 is 13.9 Å². The third-order valence-electron chi connectivity index (χ3n) is 4.44. The van der Waals surface area contributed by atoms with E-state index in [1.807, 2.05) is 13.0 Å². The molecule has 0 aliphatic heterocycles. The number of halogens is 4. The van der Waals surface area contributed by atoms with Crippen LogP contribution in [0.5, 0.6) is 5.75 Å². The Morgan fingerprint density at radius 2 is 1.75 bits per heavy atom. The number of carbonyl (C=O) groups is 1. The molecule has 0 fully saturated rings. The van der Waals surface area contributed by atoms with E-state index in [4.69, 9.17) is 39.5 Å². The molecule has 0 radical (unpaired) electrons. The molecule has 162 valence electrons. The van der Waals surface area contributed by atoms with Crippen LogP contribution in [0.25, 0.3) is 6.08 Å². The normalized spacial score (nSPS) is 11.1. The van der Waals surface area contributed by atoms with Crippen molar-refractivity contribution in [3.8, 4) is 11.8 Å². The van der Waals surface area contributed by atoms with Crippen molar-refractivity contribution >= 4 is 52.5 Å². The molecule has 0 bridgehead atoms. The van der Waals surface area contributed by atoms with Crippen LogP contribution in [-0.2, 0) is 11.4 Å². The molecule has 0 saturated carbocycles. The lowest BCUT2D eigenvalue weighted by molar-refractivity contribution is -0.112. The SMILES string of the molecule is Cc1ccc(Cl)cc1NC(=O)/C(C#N)=C/c1cc(Cl)c(OCc2ccc(F)cc2)c(Cl)c1. The molecule has 8 heteroatoms. The summed E-state index contributed by atoms with van der Waals surface area (Å²) in [4.78, 5) is 12.6. The molecule has 0 saturated heterocycles. The Balaban J connectivity index is 1.78. The number of benzene rings is 3. The van der Waals surface area contributed by atoms with Crippen molar-refractivity contribution in [3.05, 3.63) is 97.7 Å². The highest BCUT2D eigenvalue weighted by atomic mass is 35.5. The van der Waals surface area contributed by atoms with Gasteiger partial charge in [-0.3, -0.25) is 4.79 Å². The summed E-state index contributed by atoms with van der Waals surface area (Å²) in [6.07, 6.45) is 1.37. The van der Waals surface area contributed by atoms with Crippen LogP contribution < -0.4 is 10.1 Å². The van der Waals surface area contributed by atoms with E-state index < -0.39 is 5.91 Å².